The number of oxazole rings is 1. The summed E-state index contributed by atoms with van der Waals surface area (Å²) in [6.45, 7) is 6.03. The fraction of sp³-hybridized carbons (Fsp3) is 0.222. The number of para-hydroxylation sites is 3. The molecule has 0 aliphatic rings. The van der Waals surface area contributed by atoms with Gasteiger partial charge in [-0.15, -0.1) is 5.11 Å². The molecule has 24 heavy (non-hydrogen) atoms. The number of nitrogens with zero attached hydrogens (tertiary/aromatic N) is 4. The van der Waals surface area contributed by atoms with Crippen LogP contribution in [0.25, 0.3) is 11.1 Å². The van der Waals surface area contributed by atoms with E-state index >= 15 is 0 Å². The second kappa shape index (κ2) is 7.04. The monoisotopic (exact) mass is 321 g/mol. The maximum absolute atomic E-state index is 5.53. The quantitative estimate of drug-likeness (QED) is 0.306. The molecule has 3 rings (SSSR count). The van der Waals surface area contributed by atoms with E-state index in [4.69, 9.17) is 4.42 Å². The fourth-order valence-electron chi connectivity index (χ4n) is 2.08. The van der Waals surface area contributed by atoms with Gasteiger partial charge in [-0.25, -0.2) is 0 Å². The van der Waals surface area contributed by atoms with E-state index in [0.717, 1.165) is 16.8 Å². The highest BCUT2D eigenvalue weighted by Gasteiger charge is 2.07. The Hall–Kier alpha value is -3.02. The predicted molar refractivity (Wildman–Crippen MR) is 95.6 cm³/mol. The number of benzene rings is 2. The molecular weight excluding hydrogens is 302 g/mol. The van der Waals surface area contributed by atoms with Gasteiger partial charge in [0, 0.05) is 5.92 Å². The number of azo groups is 1. The summed E-state index contributed by atoms with van der Waals surface area (Å²) in [7, 11) is 0. The van der Waals surface area contributed by atoms with Gasteiger partial charge in [-0.1, -0.05) is 49.3 Å². The predicted octanol–water partition coefficient (Wildman–Crippen LogP) is 5.30. The Bertz CT molecular complexity index is 862. The molecule has 0 unspecified atom stereocenters. The molecule has 0 aliphatic carbocycles. The van der Waals surface area contributed by atoms with E-state index in [1.54, 1.807) is 0 Å². The Morgan fingerprint density at radius 2 is 1.83 bits per heavy atom. The highest BCUT2D eigenvalue weighted by Crippen LogP contribution is 2.21. The number of rotatable bonds is 4. The van der Waals surface area contributed by atoms with Gasteiger partial charge < -0.3 is 4.42 Å². The van der Waals surface area contributed by atoms with Crippen molar-refractivity contribution < 1.29 is 4.42 Å². The number of aromatic nitrogens is 1. The van der Waals surface area contributed by atoms with Crippen LogP contribution in [-0.4, -0.2) is 10.8 Å². The van der Waals surface area contributed by atoms with Gasteiger partial charge in [-0.3, -0.25) is 5.43 Å². The lowest BCUT2D eigenvalue weighted by Crippen LogP contribution is -2.07. The molecule has 0 amide bonds. The first-order valence-corrected chi connectivity index (χ1v) is 7.80. The molecule has 0 spiro atoms. The van der Waals surface area contributed by atoms with Crippen molar-refractivity contribution in [2.45, 2.75) is 20.8 Å². The van der Waals surface area contributed by atoms with Crippen LogP contribution < -0.4 is 5.43 Å². The highest BCUT2D eigenvalue weighted by atomic mass is 16.4. The van der Waals surface area contributed by atoms with Crippen molar-refractivity contribution in [1.29, 1.82) is 0 Å². The summed E-state index contributed by atoms with van der Waals surface area (Å²) in [6.07, 6.45) is 0. The molecule has 0 fully saturated rings. The van der Waals surface area contributed by atoms with Crippen molar-refractivity contribution in [3.05, 3.63) is 54.1 Å². The van der Waals surface area contributed by atoms with Crippen molar-refractivity contribution in [2.75, 3.05) is 5.43 Å². The largest absolute Gasteiger partial charge is 0.421 e. The first-order valence-electron chi connectivity index (χ1n) is 7.80. The zero-order chi connectivity index (χ0) is 16.9. The summed E-state index contributed by atoms with van der Waals surface area (Å²) in [6, 6.07) is 15.7. The van der Waals surface area contributed by atoms with E-state index in [-0.39, 0.29) is 11.9 Å². The third-order valence-corrected chi connectivity index (χ3v) is 3.47. The summed E-state index contributed by atoms with van der Waals surface area (Å²) in [5, 5.41) is 12.6. The van der Waals surface area contributed by atoms with Crippen LogP contribution >= 0.6 is 0 Å². The number of amidine groups is 1. The van der Waals surface area contributed by atoms with E-state index in [9.17, 15) is 0 Å². The molecule has 1 heterocycles. The molecule has 3 aromatic rings. The molecule has 0 saturated heterocycles. The molecule has 0 bridgehead atoms. The van der Waals surface area contributed by atoms with Crippen LogP contribution in [0.3, 0.4) is 0 Å². The summed E-state index contributed by atoms with van der Waals surface area (Å²) in [5.41, 5.74) is 6.53. The molecular formula is C18H19N5O. The molecule has 0 saturated carbocycles. The van der Waals surface area contributed by atoms with E-state index in [0.29, 0.717) is 11.4 Å². The third-order valence-electron chi connectivity index (χ3n) is 3.47. The second-order valence-electron chi connectivity index (χ2n) is 5.72. The Labute approximate surface area is 140 Å². The van der Waals surface area contributed by atoms with Gasteiger partial charge in [0.15, 0.2) is 11.4 Å². The van der Waals surface area contributed by atoms with Crippen LogP contribution in [0.4, 0.5) is 11.7 Å². The molecule has 2 aromatic carbocycles. The normalized spacial score (nSPS) is 12.4. The van der Waals surface area contributed by atoms with Crippen LogP contribution in [0.15, 0.2) is 68.3 Å². The van der Waals surface area contributed by atoms with Gasteiger partial charge in [0.05, 0.1) is 5.69 Å². The Balaban J connectivity index is 1.80. The van der Waals surface area contributed by atoms with Crippen molar-refractivity contribution in [2.24, 2.45) is 21.2 Å². The maximum atomic E-state index is 5.53. The molecule has 1 aromatic heterocycles. The van der Waals surface area contributed by atoms with Crippen LogP contribution in [0, 0.1) is 12.8 Å². The molecule has 122 valence electrons. The summed E-state index contributed by atoms with van der Waals surface area (Å²) < 4.78 is 5.53. The SMILES string of the molecule is Cc1ccccc1N/N=C(/N=Nc1nc2ccccc2o1)C(C)C. The average molecular weight is 321 g/mol. The number of hydrazone groups is 1. The zero-order valence-electron chi connectivity index (χ0n) is 13.9. The number of hydrogen-bond acceptors (Lipinski definition) is 5. The third kappa shape index (κ3) is 3.65. The smallest absolute Gasteiger partial charge is 0.342 e. The molecule has 6 nitrogen and oxygen atoms in total. The van der Waals surface area contributed by atoms with Crippen molar-refractivity contribution >= 4 is 28.6 Å². The minimum absolute atomic E-state index is 0.106. The van der Waals surface area contributed by atoms with Crippen molar-refractivity contribution in [3.8, 4) is 0 Å². The van der Waals surface area contributed by atoms with Crippen molar-refractivity contribution in [3.63, 3.8) is 0 Å². The highest BCUT2D eigenvalue weighted by molar-refractivity contribution is 5.85. The van der Waals surface area contributed by atoms with Gasteiger partial charge in [-0.05, 0) is 30.7 Å². The number of nitrogens with one attached hydrogen (secondary N) is 1. The van der Waals surface area contributed by atoms with E-state index < -0.39 is 0 Å². The number of anilines is 1. The van der Waals surface area contributed by atoms with Gasteiger partial charge in [0.2, 0.25) is 0 Å². The van der Waals surface area contributed by atoms with Crippen LogP contribution in [0.5, 0.6) is 0 Å². The second-order valence-corrected chi connectivity index (χ2v) is 5.72. The van der Waals surface area contributed by atoms with Crippen molar-refractivity contribution in [1.82, 2.24) is 4.98 Å². The van der Waals surface area contributed by atoms with E-state index in [1.165, 1.54) is 0 Å². The summed E-state index contributed by atoms with van der Waals surface area (Å²) in [4.78, 5) is 4.27. The van der Waals surface area contributed by atoms with Gasteiger partial charge in [-0.2, -0.15) is 10.1 Å². The summed E-state index contributed by atoms with van der Waals surface area (Å²) in [5.74, 6) is 0.676. The van der Waals surface area contributed by atoms with Gasteiger partial charge >= 0.3 is 6.01 Å². The van der Waals surface area contributed by atoms with Crippen LogP contribution in [-0.2, 0) is 0 Å². The average Bonchev–Trinajstić information content (AvgIpc) is 2.98. The summed E-state index contributed by atoms with van der Waals surface area (Å²) >= 11 is 0. The lowest BCUT2D eigenvalue weighted by molar-refractivity contribution is 0.606. The van der Waals surface area contributed by atoms with Gasteiger partial charge in [0.1, 0.15) is 5.52 Å². The molecule has 0 aliphatic heterocycles. The topological polar surface area (TPSA) is 75.1 Å². The number of aryl methyl sites for hydroxylation is 1. The van der Waals surface area contributed by atoms with E-state index in [1.807, 2.05) is 69.3 Å². The first-order chi connectivity index (χ1) is 11.6. The molecule has 1 N–H and O–H groups in total. The molecule has 0 radical (unpaired) electrons. The van der Waals surface area contributed by atoms with Crippen LogP contribution in [0.2, 0.25) is 0 Å². The fourth-order valence-corrected chi connectivity index (χ4v) is 2.08. The number of fused-ring (bicyclic) bond motifs is 1. The maximum Gasteiger partial charge on any atom is 0.342 e. The zero-order valence-corrected chi connectivity index (χ0v) is 13.9. The molecule has 6 heteroatoms. The van der Waals surface area contributed by atoms with E-state index in [2.05, 4.69) is 25.7 Å². The lowest BCUT2D eigenvalue weighted by atomic mass is 10.2. The van der Waals surface area contributed by atoms with Crippen LogP contribution in [0.1, 0.15) is 19.4 Å². The Morgan fingerprint density at radius 3 is 2.58 bits per heavy atom. The number of hydrogen-bond donors (Lipinski definition) is 1. The molecule has 0 atom stereocenters. The standard InChI is InChI=1S/C18H19N5O/c1-12(2)17(21-20-14-9-5-4-8-13(14)3)22-23-18-19-15-10-6-7-11-16(15)24-18/h4-12,20H,1-3H3/b21-17+,23-22?. The van der Waals surface area contributed by atoms with Gasteiger partial charge in [0.25, 0.3) is 0 Å². The minimum Gasteiger partial charge on any atom is -0.421 e. The Morgan fingerprint density at radius 1 is 1.08 bits per heavy atom. The first kappa shape index (κ1) is 15.9. The Kier molecular flexibility index (Phi) is 4.65. The minimum atomic E-state index is 0.106. The lowest BCUT2D eigenvalue weighted by Gasteiger charge is -2.07.